The number of amides is 2. The molecule has 1 fully saturated rings. The minimum absolute atomic E-state index is 0.204. The molecule has 2 aromatic rings. The molecule has 2 N–H and O–H groups in total. The number of rotatable bonds is 8. The van der Waals surface area contributed by atoms with Crippen molar-refractivity contribution in [1.82, 2.24) is 14.9 Å². The number of nitrogens with one attached hydrogen (secondary N) is 2. The average Bonchev–Trinajstić information content (AvgIpc) is 2.80. The van der Waals surface area contributed by atoms with Gasteiger partial charge >= 0.3 is 11.8 Å². The van der Waals surface area contributed by atoms with Crippen LogP contribution >= 0.6 is 11.6 Å². The van der Waals surface area contributed by atoms with Gasteiger partial charge in [0.05, 0.1) is 4.90 Å². The second kappa shape index (κ2) is 11.4. The summed E-state index contributed by atoms with van der Waals surface area (Å²) in [5, 5.41) is 5.69. The summed E-state index contributed by atoms with van der Waals surface area (Å²) in [6, 6.07) is 15.6. The quantitative estimate of drug-likeness (QED) is 0.571. The summed E-state index contributed by atoms with van der Waals surface area (Å²) in [5.41, 5.74) is 1.08. The highest BCUT2D eigenvalue weighted by Crippen LogP contribution is 2.27. The van der Waals surface area contributed by atoms with Crippen molar-refractivity contribution in [3.8, 4) is 0 Å². The maximum atomic E-state index is 13.1. The zero-order valence-corrected chi connectivity index (χ0v) is 19.4. The van der Waals surface area contributed by atoms with E-state index in [1.807, 2.05) is 30.3 Å². The first kappa shape index (κ1) is 24.2. The van der Waals surface area contributed by atoms with Gasteiger partial charge in [-0.2, -0.15) is 4.31 Å². The van der Waals surface area contributed by atoms with E-state index in [2.05, 4.69) is 10.6 Å². The number of nitrogens with zero attached hydrogens (tertiary/aromatic N) is 1. The summed E-state index contributed by atoms with van der Waals surface area (Å²) in [6.07, 6.45) is 3.51. The van der Waals surface area contributed by atoms with Crippen LogP contribution in [-0.4, -0.2) is 50.2 Å². The molecule has 32 heavy (non-hydrogen) atoms. The number of piperidine rings is 1. The maximum absolute atomic E-state index is 13.1. The van der Waals surface area contributed by atoms with Gasteiger partial charge in [-0.3, -0.25) is 9.59 Å². The lowest BCUT2D eigenvalue weighted by Gasteiger charge is -2.34. The largest absolute Gasteiger partial charge is 0.348 e. The van der Waals surface area contributed by atoms with Gasteiger partial charge < -0.3 is 10.6 Å². The van der Waals surface area contributed by atoms with E-state index in [4.69, 9.17) is 11.6 Å². The third-order valence-corrected chi connectivity index (χ3v) is 7.72. The Morgan fingerprint density at radius 1 is 0.938 bits per heavy atom. The van der Waals surface area contributed by atoms with Gasteiger partial charge in [-0.25, -0.2) is 8.42 Å². The van der Waals surface area contributed by atoms with E-state index in [9.17, 15) is 18.0 Å². The summed E-state index contributed by atoms with van der Waals surface area (Å²) in [5.74, 6) is -1.39. The first-order valence-corrected chi connectivity index (χ1v) is 12.6. The molecular formula is C23H28ClN3O4S. The van der Waals surface area contributed by atoms with Gasteiger partial charge in [0.15, 0.2) is 0 Å². The number of halogens is 1. The SMILES string of the molecule is O=C(NCCc1ccccc1)C(=O)NCCC1CCCCN1S(=O)(=O)c1ccc(Cl)cc1. The van der Waals surface area contributed by atoms with Crippen molar-refractivity contribution >= 4 is 33.4 Å². The van der Waals surface area contributed by atoms with Gasteiger partial charge in [0, 0.05) is 30.7 Å². The predicted octanol–water partition coefficient (Wildman–Crippen LogP) is 2.75. The first-order valence-electron chi connectivity index (χ1n) is 10.8. The molecule has 7 nitrogen and oxygen atoms in total. The van der Waals surface area contributed by atoms with Crippen LogP contribution in [0.1, 0.15) is 31.2 Å². The van der Waals surface area contributed by atoms with Crippen LogP contribution in [0.25, 0.3) is 0 Å². The standard InChI is InChI=1S/C23H28ClN3O4S/c24-19-9-11-21(12-10-19)32(30,31)27-17-5-4-8-20(27)14-16-26-23(29)22(28)25-15-13-18-6-2-1-3-7-18/h1-3,6-7,9-12,20H,4-5,8,13-17H2,(H,25,28)(H,26,29). The third kappa shape index (κ3) is 6.54. The average molecular weight is 478 g/mol. The number of carbonyl (C=O) groups is 2. The number of carbonyl (C=O) groups excluding carboxylic acids is 2. The van der Waals surface area contributed by atoms with Crippen LogP contribution in [-0.2, 0) is 26.0 Å². The van der Waals surface area contributed by atoms with Gasteiger partial charge in [-0.05, 0) is 55.5 Å². The molecule has 1 unspecified atom stereocenters. The Labute approximate surface area is 194 Å². The van der Waals surface area contributed by atoms with Crippen molar-refractivity contribution in [2.45, 2.75) is 43.0 Å². The molecule has 0 radical (unpaired) electrons. The first-order chi connectivity index (χ1) is 15.4. The Morgan fingerprint density at radius 2 is 1.59 bits per heavy atom. The molecule has 1 heterocycles. The summed E-state index contributed by atoms with van der Waals surface area (Å²) < 4.78 is 27.7. The molecular weight excluding hydrogens is 450 g/mol. The van der Waals surface area contributed by atoms with Gasteiger partial charge in [0.25, 0.3) is 0 Å². The van der Waals surface area contributed by atoms with Crippen molar-refractivity contribution < 1.29 is 18.0 Å². The summed E-state index contributed by atoms with van der Waals surface area (Å²) in [7, 11) is -3.65. The van der Waals surface area contributed by atoms with Crippen molar-refractivity contribution in [1.29, 1.82) is 0 Å². The van der Waals surface area contributed by atoms with E-state index >= 15 is 0 Å². The highest BCUT2D eigenvalue weighted by molar-refractivity contribution is 7.89. The van der Waals surface area contributed by atoms with Crippen LogP contribution in [0.4, 0.5) is 0 Å². The number of hydrogen-bond donors (Lipinski definition) is 2. The lowest BCUT2D eigenvalue weighted by molar-refractivity contribution is -0.139. The number of benzene rings is 2. The van der Waals surface area contributed by atoms with Gasteiger partial charge in [-0.15, -0.1) is 0 Å². The Kier molecular flexibility index (Phi) is 8.67. The molecule has 172 valence electrons. The molecule has 1 atom stereocenters. The number of sulfonamides is 1. The third-order valence-electron chi connectivity index (χ3n) is 5.50. The molecule has 2 amide bonds. The summed E-state index contributed by atoms with van der Waals surface area (Å²) in [6.45, 7) is 1.03. The summed E-state index contributed by atoms with van der Waals surface area (Å²) >= 11 is 5.88. The van der Waals surface area contributed by atoms with Crippen LogP contribution in [0.5, 0.6) is 0 Å². The minimum Gasteiger partial charge on any atom is -0.348 e. The van der Waals surface area contributed by atoms with E-state index in [1.54, 1.807) is 12.1 Å². The van der Waals surface area contributed by atoms with E-state index < -0.39 is 21.8 Å². The highest BCUT2D eigenvalue weighted by Gasteiger charge is 2.33. The Hall–Kier alpha value is -2.42. The molecule has 0 bridgehead atoms. The normalized spacial score (nSPS) is 17.0. The van der Waals surface area contributed by atoms with Crippen LogP contribution < -0.4 is 10.6 Å². The Bertz CT molecular complexity index is 1010. The lowest BCUT2D eigenvalue weighted by Crippen LogP contribution is -2.46. The molecule has 0 saturated carbocycles. The molecule has 9 heteroatoms. The van der Waals surface area contributed by atoms with Crippen molar-refractivity contribution in [3.05, 3.63) is 65.2 Å². The molecule has 0 aliphatic carbocycles. The van der Waals surface area contributed by atoms with Crippen LogP contribution in [0.3, 0.4) is 0 Å². The van der Waals surface area contributed by atoms with Crippen molar-refractivity contribution in [2.75, 3.05) is 19.6 Å². The molecule has 1 aliphatic heterocycles. The zero-order chi connectivity index (χ0) is 23.0. The molecule has 1 aliphatic rings. The van der Waals surface area contributed by atoms with E-state index in [0.29, 0.717) is 37.4 Å². The van der Waals surface area contributed by atoms with E-state index in [-0.39, 0.29) is 17.5 Å². The fraction of sp³-hybridized carbons (Fsp3) is 0.391. The Morgan fingerprint density at radius 3 is 2.28 bits per heavy atom. The smallest absolute Gasteiger partial charge is 0.309 e. The fourth-order valence-corrected chi connectivity index (χ4v) is 5.65. The van der Waals surface area contributed by atoms with Gasteiger partial charge in [0.2, 0.25) is 10.0 Å². The fourth-order valence-electron chi connectivity index (χ4n) is 3.80. The second-order valence-corrected chi connectivity index (χ2v) is 10.1. The second-order valence-electron chi connectivity index (χ2n) is 7.76. The topological polar surface area (TPSA) is 95.6 Å². The Balaban J connectivity index is 1.48. The van der Waals surface area contributed by atoms with Gasteiger partial charge in [-0.1, -0.05) is 48.4 Å². The molecule has 0 spiro atoms. The molecule has 2 aromatic carbocycles. The van der Waals surface area contributed by atoms with Gasteiger partial charge in [0.1, 0.15) is 0 Å². The number of hydrogen-bond acceptors (Lipinski definition) is 4. The monoisotopic (exact) mass is 477 g/mol. The maximum Gasteiger partial charge on any atom is 0.309 e. The summed E-state index contributed by atoms with van der Waals surface area (Å²) in [4.78, 5) is 24.3. The molecule has 1 saturated heterocycles. The van der Waals surface area contributed by atoms with Crippen molar-refractivity contribution in [3.63, 3.8) is 0 Å². The molecule has 0 aromatic heterocycles. The minimum atomic E-state index is -3.65. The molecule has 3 rings (SSSR count). The zero-order valence-electron chi connectivity index (χ0n) is 17.8. The van der Waals surface area contributed by atoms with E-state index in [0.717, 1.165) is 18.4 Å². The highest BCUT2D eigenvalue weighted by atomic mass is 35.5. The predicted molar refractivity (Wildman–Crippen MR) is 124 cm³/mol. The van der Waals surface area contributed by atoms with Crippen LogP contribution in [0, 0.1) is 0 Å². The van der Waals surface area contributed by atoms with Crippen LogP contribution in [0.15, 0.2) is 59.5 Å². The van der Waals surface area contributed by atoms with Crippen molar-refractivity contribution in [2.24, 2.45) is 0 Å². The van der Waals surface area contributed by atoms with E-state index in [1.165, 1.54) is 16.4 Å². The van der Waals surface area contributed by atoms with Crippen LogP contribution in [0.2, 0.25) is 5.02 Å². The lowest BCUT2D eigenvalue weighted by atomic mass is 10.0.